The summed E-state index contributed by atoms with van der Waals surface area (Å²) in [6.45, 7) is 4.86. The van der Waals surface area contributed by atoms with E-state index in [4.69, 9.17) is 4.74 Å². The number of benzene rings is 1. The second kappa shape index (κ2) is 6.65. The van der Waals surface area contributed by atoms with Gasteiger partial charge < -0.3 is 15.4 Å². The summed E-state index contributed by atoms with van der Waals surface area (Å²) >= 11 is 0. The molecule has 0 unspecified atom stereocenters. The Labute approximate surface area is 116 Å². The van der Waals surface area contributed by atoms with E-state index in [2.05, 4.69) is 25.6 Å². The Balaban J connectivity index is 2.28. The Morgan fingerprint density at radius 2 is 1.85 bits per heavy atom. The second-order valence-corrected chi connectivity index (χ2v) is 3.83. The number of hydrogen-bond donors (Lipinski definition) is 2. The van der Waals surface area contributed by atoms with Gasteiger partial charge in [0.1, 0.15) is 5.82 Å². The molecule has 0 amide bonds. The van der Waals surface area contributed by atoms with Gasteiger partial charge in [0.25, 0.3) is 0 Å². The van der Waals surface area contributed by atoms with Gasteiger partial charge in [-0.2, -0.15) is 15.0 Å². The van der Waals surface area contributed by atoms with Gasteiger partial charge in [-0.15, -0.1) is 0 Å². The third-order valence-electron chi connectivity index (χ3n) is 2.34. The lowest BCUT2D eigenvalue weighted by molar-refractivity contribution is 0.312. The first-order valence-electron chi connectivity index (χ1n) is 6.37. The highest BCUT2D eigenvalue weighted by atomic mass is 19.1. The minimum Gasteiger partial charge on any atom is -0.464 e. The molecule has 1 heterocycles. The molecule has 0 radical (unpaired) electrons. The maximum atomic E-state index is 13.6. The molecule has 0 saturated heterocycles. The Hall–Kier alpha value is -2.44. The monoisotopic (exact) mass is 277 g/mol. The molecule has 6 nitrogen and oxygen atoms in total. The van der Waals surface area contributed by atoms with E-state index in [1.165, 1.54) is 6.07 Å². The highest BCUT2D eigenvalue weighted by molar-refractivity contribution is 5.54. The highest BCUT2D eigenvalue weighted by Crippen LogP contribution is 2.19. The highest BCUT2D eigenvalue weighted by Gasteiger charge is 2.09. The van der Waals surface area contributed by atoms with E-state index in [1.807, 2.05) is 13.8 Å². The van der Waals surface area contributed by atoms with Gasteiger partial charge in [-0.05, 0) is 26.0 Å². The predicted octanol–water partition coefficient (Wildman–Crippen LogP) is 2.58. The van der Waals surface area contributed by atoms with E-state index >= 15 is 0 Å². The third-order valence-corrected chi connectivity index (χ3v) is 2.34. The fraction of sp³-hybridized carbons (Fsp3) is 0.308. The van der Waals surface area contributed by atoms with E-state index < -0.39 is 0 Å². The molecule has 0 bridgehead atoms. The van der Waals surface area contributed by atoms with Crippen LogP contribution >= 0.6 is 0 Å². The molecule has 2 rings (SSSR count). The SMILES string of the molecule is CCNc1nc(Nc2ccccc2F)nc(OCC)n1. The van der Waals surface area contributed by atoms with Gasteiger partial charge in [0.2, 0.25) is 11.9 Å². The maximum Gasteiger partial charge on any atom is 0.323 e. The minimum atomic E-state index is -0.379. The van der Waals surface area contributed by atoms with Gasteiger partial charge in [-0.1, -0.05) is 12.1 Å². The smallest absolute Gasteiger partial charge is 0.323 e. The number of ether oxygens (including phenoxy) is 1. The van der Waals surface area contributed by atoms with E-state index in [0.717, 1.165) is 0 Å². The molecular weight excluding hydrogens is 261 g/mol. The number of para-hydroxylation sites is 1. The topological polar surface area (TPSA) is 72.0 Å². The second-order valence-electron chi connectivity index (χ2n) is 3.83. The van der Waals surface area contributed by atoms with Crippen molar-refractivity contribution < 1.29 is 9.13 Å². The van der Waals surface area contributed by atoms with Gasteiger partial charge in [0.05, 0.1) is 12.3 Å². The number of rotatable bonds is 6. The molecule has 106 valence electrons. The molecule has 0 atom stereocenters. The Kier molecular flexibility index (Phi) is 4.65. The molecule has 7 heteroatoms. The lowest BCUT2D eigenvalue weighted by atomic mass is 10.3. The van der Waals surface area contributed by atoms with Gasteiger partial charge in [0.15, 0.2) is 0 Å². The van der Waals surface area contributed by atoms with Gasteiger partial charge in [0, 0.05) is 6.54 Å². The van der Waals surface area contributed by atoms with Crippen LogP contribution in [0.4, 0.5) is 22.0 Å². The number of anilines is 3. The first-order valence-corrected chi connectivity index (χ1v) is 6.37. The van der Waals surface area contributed by atoms with Crippen LogP contribution in [0.15, 0.2) is 24.3 Å². The zero-order valence-corrected chi connectivity index (χ0v) is 11.4. The van der Waals surface area contributed by atoms with Crippen molar-refractivity contribution in [3.8, 4) is 6.01 Å². The van der Waals surface area contributed by atoms with Crippen molar-refractivity contribution in [2.75, 3.05) is 23.8 Å². The average Bonchev–Trinajstić information content (AvgIpc) is 2.42. The quantitative estimate of drug-likeness (QED) is 0.845. The molecule has 0 aliphatic rings. The summed E-state index contributed by atoms with van der Waals surface area (Å²) in [6, 6.07) is 6.49. The maximum absolute atomic E-state index is 13.6. The molecule has 1 aromatic heterocycles. The standard InChI is InChI=1S/C13H16FN5O/c1-3-15-11-17-12(19-13(18-11)20-4-2)16-10-8-6-5-7-9(10)14/h5-8H,3-4H2,1-2H3,(H2,15,16,17,18,19). The predicted molar refractivity (Wildman–Crippen MR) is 74.8 cm³/mol. The molecule has 2 N–H and O–H groups in total. The van der Waals surface area contributed by atoms with Crippen molar-refractivity contribution >= 4 is 17.6 Å². The van der Waals surface area contributed by atoms with Crippen molar-refractivity contribution in [2.45, 2.75) is 13.8 Å². The van der Waals surface area contributed by atoms with Crippen LogP contribution in [-0.4, -0.2) is 28.1 Å². The zero-order valence-electron chi connectivity index (χ0n) is 11.4. The molecule has 20 heavy (non-hydrogen) atoms. The molecular formula is C13H16FN5O. The number of halogens is 1. The summed E-state index contributed by atoms with van der Waals surface area (Å²) in [5.74, 6) is 0.227. The van der Waals surface area contributed by atoms with Crippen LogP contribution < -0.4 is 15.4 Å². The van der Waals surface area contributed by atoms with E-state index in [1.54, 1.807) is 18.2 Å². The first-order chi connectivity index (χ1) is 9.72. The van der Waals surface area contributed by atoms with Crippen molar-refractivity contribution in [1.29, 1.82) is 0 Å². The fourth-order valence-corrected chi connectivity index (χ4v) is 1.53. The largest absolute Gasteiger partial charge is 0.464 e. The van der Waals surface area contributed by atoms with Crippen molar-refractivity contribution in [1.82, 2.24) is 15.0 Å². The van der Waals surface area contributed by atoms with Gasteiger partial charge in [-0.3, -0.25) is 0 Å². The van der Waals surface area contributed by atoms with Crippen molar-refractivity contribution in [2.24, 2.45) is 0 Å². The lowest BCUT2D eigenvalue weighted by Gasteiger charge is -2.09. The molecule has 0 aliphatic heterocycles. The van der Waals surface area contributed by atoms with Crippen LogP contribution in [0.1, 0.15) is 13.8 Å². The van der Waals surface area contributed by atoms with Gasteiger partial charge in [-0.25, -0.2) is 4.39 Å². The van der Waals surface area contributed by atoms with Crippen molar-refractivity contribution in [3.05, 3.63) is 30.1 Å². The van der Waals surface area contributed by atoms with Crippen LogP contribution in [0.3, 0.4) is 0 Å². The summed E-state index contributed by atoms with van der Waals surface area (Å²) in [7, 11) is 0. The summed E-state index contributed by atoms with van der Waals surface area (Å²) in [5.41, 5.74) is 0.295. The average molecular weight is 277 g/mol. The number of aromatic nitrogens is 3. The number of hydrogen-bond acceptors (Lipinski definition) is 6. The molecule has 1 aromatic carbocycles. The molecule has 0 spiro atoms. The minimum absolute atomic E-state index is 0.192. The van der Waals surface area contributed by atoms with E-state index in [9.17, 15) is 4.39 Å². The van der Waals surface area contributed by atoms with Crippen LogP contribution in [0.25, 0.3) is 0 Å². The van der Waals surface area contributed by atoms with Crippen LogP contribution in [-0.2, 0) is 0 Å². The van der Waals surface area contributed by atoms with Crippen LogP contribution in [0.5, 0.6) is 6.01 Å². The molecule has 0 fully saturated rings. The summed E-state index contributed by atoms with van der Waals surface area (Å²) < 4.78 is 18.9. The summed E-state index contributed by atoms with van der Waals surface area (Å²) in [4.78, 5) is 12.3. The Morgan fingerprint density at radius 3 is 2.55 bits per heavy atom. The Morgan fingerprint density at radius 1 is 1.10 bits per heavy atom. The molecule has 2 aromatic rings. The number of nitrogens with one attached hydrogen (secondary N) is 2. The first kappa shape index (κ1) is 14.0. The normalized spacial score (nSPS) is 10.2. The fourth-order valence-electron chi connectivity index (χ4n) is 1.53. The van der Waals surface area contributed by atoms with Crippen molar-refractivity contribution in [3.63, 3.8) is 0 Å². The van der Waals surface area contributed by atoms with Gasteiger partial charge >= 0.3 is 6.01 Å². The zero-order chi connectivity index (χ0) is 14.4. The molecule has 0 saturated carbocycles. The van der Waals surface area contributed by atoms with Crippen LogP contribution in [0, 0.1) is 5.82 Å². The summed E-state index contributed by atoms with van der Waals surface area (Å²) in [6.07, 6.45) is 0. The third kappa shape index (κ3) is 3.53. The van der Waals surface area contributed by atoms with Crippen LogP contribution in [0.2, 0.25) is 0 Å². The molecule has 0 aliphatic carbocycles. The Bertz CT molecular complexity index is 554. The van der Waals surface area contributed by atoms with E-state index in [0.29, 0.717) is 24.8 Å². The van der Waals surface area contributed by atoms with E-state index in [-0.39, 0.29) is 17.8 Å². The lowest BCUT2D eigenvalue weighted by Crippen LogP contribution is -2.09. The number of nitrogens with zero attached hydrogens (tertiary/aromatic N) is 3. The summed E-state index contributed by atoms with van der Waals surface area (Å²) in [5, 5.41) is 5.78.